The van der Waals surface area contributed by atoms with Crippen LogP contribution in [0.1, 0.15) is 39.1 Å². The van der Waals surface area contributed by atoms with Crippen LogP contribution in [0.5, 0.6) is 5.75 Å². The molecule has 0 atom stereocenters. The van der Waals surface area contributed by atoms with Gasteiger partial charge in [-0.05, 0) is 71.6 Å². The van der Waals surface area contributed by atoms with Gasteiger partial charge in [-0.15, -0.1) is 0 Å². The largest absolute Gasteiger partial charge is 0.508 e. The first-order chi connectivity index (χ1) is 27.0. The number of nitrogens with zero attached hydrogens (tertiary/aromatic N) is 3. The Balaban J connectivity index is 0.969. The second kappa shape index (κ2) is 20.0. The van der Waals surface area contributed by atoms with Crippen molar-refractivity contribution in [3.8, 4) is 16.9 Å². The molecule has 0 saturated heterocycles. The summed E-state index contributed by atoms with van der Waals surface area (Å²) >= 11 is 0. The molecule has 280 valence electrons. The molecular formula is C43H43N7O5. The standard InChI is InChI=1S/C43H43N7O5/c51-38-23-21-37(22-24-38)47-43-49-41(44-25-27-55-29-28-54-26-7-12-39(52)34-10-5-2-6-11-34)48-42(50-43)46-36-19-17-35(18-20-36)40(53)45-30-31-13-15-33(16-14-31)32-8-3-1-4-9-32/h1-6,8-11,13-24,51H,7,12,25-30H2,(H,45,53)(H3,44,46,47,48,49,50). The van der Waals surface area contributed by atoms with E-state index in [1.165, 1.54) is 0 Å². The SMILES string of the molecule is O=C(CCCOCCOCCNc1nc(Nc2ccc(O)cc2)nc(Nc2ccc(C(=O)NCc3ccc(-c4ccccc4)cc3)cc2)n1)c1ccccc1. The number of carbonyl (C=O) groups excluding carboxylic acids is 2. The Morgan fingerprint density at radius 1 is 0.564 bits per heavy atom. The highest BCUT2D eigenvalue weighted by Gasteiger charge is 2.11. The summed E-state index contributed by atoms with van der Waals surface area (Å²) in [5.74, 6) is 0.932. The van der Waals surface area contributed by atoms with Crippen LogP contribution in [0.15, 0.2) is 133 Å². The molecular weight excluding hydrogens is 695 g/mol. The molecule has 0 radical (unpaired) electrons. The molecule has 0 unspecified atom stereocenters. The number of phenols is 1. The van der Waals surface area contributed by atoms with Gasteiger partial charge < -0.3 is 35.8 Å². The van der Waals surface area contributed by atoms with E-state index >= 15 is 0 Å². The van der Waals surface area contributed by atoms with Crippen LogP contribution in [0.2, 0.25) is 0 Å². The summed E-state index contributed by atoms with van der Waals surface area (Å²) in [5.41, 5.74) is 5.86. The number of ketones is 1. The number of Topliss-reactive ketones (excluding diaryl/α,β-unsaturated/α-hetero) is 1. The number of ether oxygens (including phenoxy) is 2. The zero-order chi connectivity index (χ0) is 38.1. The third-order valence-electron chi connectivity index (χ3n) is 8.37. The minimum absolute atomic E-state index is 0.111. The van der Waals surface area contributed by atoms with E-state index in [1.54, 1.807) is 48.5 Å². The van der Waals surface area contributed by atoms with Crippen LogP contribution in [0.4, 0.5) is 29.2 Å². The molecule has 0 saturated carbocycles. The number of phenolic OH excluding ortho intramolecular Hbond substituents is 1. The highest BCUT2D eigenvalue weighted by atomic mass is 16.5. The van der Waals surface area contributed by atoms with Gasteiger partial charge in [-0.2, -0.15) is 15.0 Å². The van der Waals surface area contributed by atoms with Gasteiger partial charge in [-0.25, -0.2) is 0 Å². The van der Waals surface area contributed by atoms with Crippen molar-refractivity contribution in [1.82, 2.24) is 20.3 Å². The van der Waals surface area contributed by atoms with Gasteiger partial charge in [0.1, 0.15) is 5.75 Å². The molecule has 0 fully saturated rings. The van der Waals surface area contributed by atoms with Crippen LogP contribution in [-0.2, 0) is 16.0 Å². The van der Waals surface area contributed by atoms with Crippen LogP contribution in [0.3, 0.4) is 0 Å². The monoisotopic (exact) mass is 737 g/mol. The Morgan fingerprint density at radius 3 is 1.78 bits per heavy atom. The summed E-state index contributed by atoms with van der Waals surface area (Å²) in [5, 5.41) is 22.2. The number of amides is 1. The summed E-state index contributed by atoms with van der Waals surface area (Å²) in [6.45, 7) is 2.52. The number of hydrogen-bond acceptors (Lipinski definition) is 11. The maximum Gasteiger partial charge on any atom is 0.251 e. The van der Waals surface area contributed by atoms with Gasteiger partial charge >= 0.3 is 0 Å². The van der Waals surface area contributed by atoms with E-state index in [4.69, 9.17) is 9.47 Å². The number of aromatic hydroxyl groups is 1. The Morgan fingerprint density at radius 2 is 1.13 bits per heavy atom. The molecule has 0 aliphatic rings. The van der Waals surface area contributed by atoms with E-state index in [1.807, 2.05) is 60.7 Å². The number of hydrogen-bond donors (Lipinski definition) is 5. The zero-order valence-electron chi connectivity index (χ0n) is 30.3. The summed E-state index contributed by atoms with van der Waals surface area (Å²) in [7, 11) is 0. The van der Waals surface area contributed by atoms with Crippen molar-refractivity contribution in [2.45, 2.75) is 19.4 Å². The van der Waals surface area contributed by atoms with Crippen molar-refractivity contribution in [1.29, 1.82) is 0 Å². The average molecular weight is 738 g/mol. The predicted molar refractivity (Wildman–Crippen MR) is 214 cm³/mol. The third kappa shape index (κ3) is 12.2. The van der Waals surface area contributed by atoms with Crippen molar-refractivity contribution in [3.05, 3.63) is 150 Å². The zero-order valence-corrected chi connectivity index (χ0v) is 30.3. The number of carbonyl (C=O) groups is 2. The molecule has 1 heterocycles. The quantitative estimate of drug-likeness (QED) is 0.0296. The van der Waals surface area contributed by atoms with Gasteiger partial charge in [0.25, 0.3) is 5.91 Å². The molecule has 6 rings (SSSR count). The van der Waals surface area contributed by atoms with Crippen molar-refractivity contribution in [2.75, 3.05) is 48.9 Å². The first kappa shape index (κ1) is 38.1. The van der Waals surface area contributed by atoms with E-state index in [0.717, 1.165) is 22.3 Å². The number of anilines is 5. The van der Waals surface area contributed by atoms with E-state index in [9.17, 15) is 14.7 Å². The number of aromatic nitrogens is 3. The fourth-order valence-electron chi connectivity index (χ4n) is 5.46. The van der Waals surface area contributed by atoms with Gasteiger partial charge in [0.05, 0.1) is 19.8 Å². The van der Waals surface area contributed by atoms with E-state index in [0.29, 0.717) is 75.2 Å². The van der Waals surface area contributed by atoms with Crippen molar-refractivity contribution < 1.29 is 24.2 Å². The summed E-state index contributed by atoms with van der Waals surface area (Å²) in [6.07, 6.45) is 1.09. The maximum atomic E-state index is 12.9. The Bertz CT molecular complexity index is 2100. The van der Waals surface area contributed by atoms with Gasteiger partial charge in [0.15, 0.2) is 5.78 Å². The Kier molecular flexibility index (Phi) is 13.9. The highest BCUT2D eigenvalue weighted by molar-refractivity contribution is 5.96. The lowest BCUT2D eigenvalue weighted by atomic mass is 10.0. The third-order valence-corrected chi connectivity index (χ3v) is 8.37. The molecule has 6 aromatic rings. The van der Waals surface area contributed by atoms with Crippen LogP contribution < -0.4 is 21.3 Å². The van der Waals surface area contributed by atoms with E-state index < -0.39 is 0 Å². The van der Waals surface area contributed by atoms with Crippen molar-refractivity contribution in [3.63, 3.8) is 0 Å². The van der Waals surface area contributed by atoms with Gasteiger partial charge in [0.2, 0.25) is 17.8 Å². The average Bonchev–Trinajstić information content (AvgIpc) is 3.22. The van der Waals surface area contributed by atoms with Crippen molar-refractivity contribution in [2.24, 2.45) is 0 Å². The first-order valence-electron chi connectivity index (χ1n) is 18.1. The molecule has 0 aliphatic heterocycles. The minimum Gasteiger partial charge on any atom is -0.508 e. The van der Waals surface area contributed by atoms with Gasteiger partial charge in [0, 0.05) is 48.6 Å². The molecule has 0 aliphatic carbocycles. The van der Waals surface area contributed by atoms with Crippen LogP contribution >= 0.6 is 0 Å². The molecule has 12 heteroatoms. The lowest BCUT2D eigenvalue weighted by molar-refractivity contribution is 0.0497. The lowest BCUT2D eigenvalue weighted by Gasteiger charge is -2.12. The molecule has 1 amide bonds. The molecule has 0 bridgehead atoms. The highest BCUT2D eigenvalue weighted by Crippen LogP contribution is 2.22. The molecule has 12 nitrogen and oxygen atoms in total. The Labute approximate surface area is 320 Å². The second-order valence-corrected chi connectivity index (χ2v) is 12.5. The summed E-state index contributed by atoms with van der Waals surface area (Å²) < 4.78 is 11.3. The van der Waals surface area contributed by atoms with Crippen LogP contribution in [0.25, 0.3) is 11.1 Å². The van der Waals surface area contributed by atoms with Crippen LogP contribution in [-0.4, -0.2) is 64.7 Å². The lowest BCUT2D eigenvalue weighted by Crippen LogP contribution is -2.22. The predicted octanol–water partition coefficient (Wildman–Crippen LogP) is 7.77. The molecule has 55 heavy (non-hydrogen) atoms. The smallest absolute Gasteiger partial charge is 0.251 e. The Hall–Kier alpha value is -6.63. The fraction of sp³-hybridized carbons (Fsp3) is 0.186. The number of benzene rings is 5. The summed E-state index contributed by atoms with van der Waals surface area (Å²) in [6, 6.07) is 41.1. The van der Waals surface area contributed by atoms with Crippen molar-refractivity contribution >= 4 is 40.9 Å². The first-order valence-corrected chi connectivity index (χ1v) is 18.1. The van der Waals surface area contributed by atoms with Crippen LogP contribution in [0, 0.1) is 0 Å². The molecule has 1 aromatic heterocycles. The van der Waals surface area contributed by atoms with Gasteiger partial charge in [-0.3, -0.25) is 9.59 Å². The van der Waals surface area contributed by atoms with E-state index in [2.05, 4.69) is 60.5 Å². The number of nitrogens with one attached hydrogen (secondary N) is 4. The molecule has 5 aromatic carbocycles. The van der Waals surface area contributed by atoms with Gasteiger partial charge in [-0.1, -0.05) is 84.9 Å². The molecule has 5 N–H and O–H groups in total. The maximum absolute atomic E-state index is 12.9. The van der Waals surface area contributed by atoms with E-state index in [-0.39, 0.29) is 29.3 Å². The normalized spacial score (nSPS) is 10.8. The fourth-order valence-corrected chi connectivity index (χ4v) is 5.46. The minimum atomic E-state index is -0.185. The topological polar surface area (TPSA) is 160 Å². The second-order valence-electron chi connectivity index (χ2n) is 12.5. The number of rotatable bonds is 20. The summed E-state index contributed by atoms with van der Waals surface area (Å²) in [4.78, 5) is 38.7. The molecule has 0 spiro atoms.